The minimum Gasteiger partial charge on any atom is -0.289 e. The number of carbonyl (C=O) groups is 1. The van der Waals surface area contributed by atoms with Crippen molar-refractivity contribution in [3.8, 4) is 0 Å². The van der Waals surface area contributed by atoms with Gasteiger partial charge in [0, 0.05) is 15.6 Å². The molecule has 0 aliphatic heterocycles. The van der Waals surface area contributed by atoms with E-state index in [4.69, 9.17) is 0 Å². The lowest BCUT2D eigenvalue weighted by atomic mass is 9.99. The Hall–Kier alpha value is -1.48. The standard InChI is InChI=1S/C14H10BrFO/c1-9-4-2-3-5-11(9)14(17)12-7-6-10(16)8-13(12)15/h2-8H,1H3. The first-order chi connectivity index (χ1) is 8.09. The Bertz CT molecular complexity index is 578. The molecule has 0 N–H and O–H groups in total. The summed E-state index contributed by atoms with van der Waals surface area (Å²) >= 11 is 3.21. The first-order valence-electron chi connectivity index (χ1n) is 5.15. The zero-order valence-corrected chi connectivity index (χ0v) is 10.8. The minimum atomic E-state index is -0.363. The average Bonchev–Trinajstić information content (AvgIpc) is 2.29. The first kappa shape index (κ1) is 12.0. The molecule has 0 unspecified atom stereocenters. The Morgan fingerprint density at radius 2 is 1.82 bits per heavy atom. The molecule has 3 heteroatoms. The van der Waals surface area contributed by atoms with Crippen molar-refractivity contribution in [3.63, 3.8) is 0 Å². The molecule has 86 valence electrons. The summed E-state index contributed by atoms with van der Waals surface area (Å²) in [5.74, 6) is -0.465. The summed E-state index contributed by atoms with van der Waals surface area (Å²) in [6, 6.07) is 11.4. The Morgan fingerprint density at radius 1 is 1.12 bits per heavy atom. The topological polar surface area (TPSA) is 17.1 Å². The van der Waals surface area contributed by atoms with Crippen molar-refractivity contribution in [2.24, 2.45) is 0 Å². The Balaban J connectivity index is 2.48. The molecule has 0 saturated carbocycles. The highest BCUT2D eigenvalue weighted by Crippen LogP contribution is 2.22. The summed E-state index contributed by atoms with van der Waals surface area (Å²) in [6.07, 6.45) is 0. The molecule has 0 fully saturated rings. The van der Waals surface area contributed by atoms with Gasteiger partial charge < -0.3 is 0 Å². The van der Waals surface area contributed by atoms with Gasteiger partial charge in [0.2, 0.25) is 0 Å². The van der Waals surface area contributed by atoms with Gasteiger partial charge in [0.05, 0.1) is 0 Å². The van der Waals surface area contributed by atoms with Gasteiger partial charge in [-0.3, -0.25) is 4.79 Å². The number of benzene rings is 2. The highest BCUT2D eigenvalue weighted by Gasteiger charge is 2.14. The van der Waals surface area contributed by atoms with Gasteiger partial charge in [0.15, 0.2) is 5.78 Å². The largest absolute Gasteiger partial charge is 0.289 e. The maximum Gasteiger partial charge on any atom is 0.194 e. The average molecular weight is 293 g/mol. The van der Waals surface area contributed by atoms with Gasteiger partial charge in [0.1, 0.15) is 5.82 Å². The third-order valence-electron chi connectivity index (χ3n) is 2.57. The summed E-state index contributed by atoms with van der Waals surface area (Å²) in [4.78, 5) is 12.2. The van der Waals surface area contributed by atoms with Crippen LogP contribution in [0.25, 0.3) is 0 Å². The van der Waals surface area contributed by atoms with Crippen molar-refractivity contribution in [2.45, 2.75) is 6.92 Å². The molecule has 0 aliphatic carbocycles. The van der Waals surface area contributed by atoms with Gasteiger partial charge in [-0.1, -0.05) is 24.3 Å². The van der Waals surface area contributed by atoms with Crippen LogP contribution in [0.4, 0.5) is 4.39 Å². The van der Waals surface area contributed by atoms with Crippen LogP contribution < -0.4 is 0 Å². The van der Waals surface area contributed by atoms with E-state index in [0.717, 1.165) is 5.56 Å². The molecule has 0 spiro atoms. The van der Waals surface area contributed by atoms with E-state index >= 15 is 0 Å². The fourth-order valence-corrected chi connectivity index (χ4v) is 2.18. The number of aryl methyl sites for hydroxylation is 1. The molecule has 0 aliphatic rings. The van der Waals surface area contributed by atoms with Crippen LogP contribution in [0, 0.1) is 12.7 Å². The molecule has 17 heavy (non-hydrogen) atoms. The smallest absolute Gasteiger partial charge is 0.194 e. The van der Waals surface area contributed by atoms with E-state index in [1.165, 1.54) is 18.2 Å². The molecule has 0 atom stereocenters. The van der Waals surface area contributed by atoms with Crippen molar-refractivity contribution in [1.29, 1.82) is 0 Å². The lowest BCUT2D eigenvalue weighted by Gasteiger charge is -2.06. The predicted molar refractivity (Wildman–Crippen MR) is 68.7 cm³/mol. The minimum absolute atomic E-state index is 0.102. The second-order valence-electron chi connectivity index (χ2n) is 3.77. The zero-order chi connectivity index (χ0) is 12.4. The summed E-state index contributed by atoms with van der Waals surface area (Å²) < 4.78 is 13.4. The fraction of sp³-hybridized carbons (Fsp3) is 0.0714. The number of carbonyl (C=O) groups excluding carboxylic acids is 1. The van der Waals surface area contributed by atoms with E-state index in [1.807, 2.05) is 25.1 Å². The Kier molecular flexibility index (Phi) is 3.38. The van der Waals surface area contributed by atoms with E-state index in [1.54, 1.807) is 6.07 Å². The van der Waals surface area contributed by atoms with E-state index in [2.05, 4.69) is 15.9 Å². The summed E-state index contributed by atoms with van der Waals surface area (Å²) in [5, 5.41) is 0. The number of rotatable bonds is 2. The van der Waals surface area contributed by atoms with Crippen LogP contribution in [-0.4, -0.2) is 5.78 Å². The van der Waals surface area contributed by atoms with Gasteiger partial charge in [0.25, 0.3) is 0 Å². The maximum atomic E-state index is 13.0. The van der Waals surface area contributed by atoms with Crippen LogP contribution in [0.3, 0.4) is 0 Å². The van der Waals surface area contributed by atoms with Gasteiger partial charge in [-0.15, -0.1) is 0 Å². The third-order valence-corrected chi connectivity index (χ3v) is 3.22. The van der Waals surface area contributed by atoms with Gasteiger partial charge >= 0.3 is 0 Å². The molecular weight excluding hydrogens is 283 g/mol. The van der Waals surface area contributed by atoms with Gasteiger partial charge in [-0.25, -0.2) is 4.39 Å². The van der Waals surface area contributed by atoms with Crippen LogP contribution >= 0.6 is 15.9 Å². The summed E-state index contributed by atoms with van der Waals surface area (Å²) in [6.45, 7) is 1.88. The second kappa shape index (κ2) is 4.80. The number of hydrogen-bond donors (Lipinski definition) is 0. The van der Waals surface area contributed by atoms with Crippen LogP contribution in [0.1, 0.15) is 21.5 Å². The quantitative estimate of drug-likeness (QED) is 0.761. The van der Waals surface area contributed by atoms with Gasteiger partial charge in [-0.2, -0.15) is 0 Å². The van der Waals surface area contributed by atoms with Gasteiger partial charge in [-0.05, 0) is 46.6 Å². The SMILES string of the molecule is Cc1ccccc1C(=O)c1ccc(F)cc1Br. The fourth-order valence-electron chi connectivity index (χ4n) is 1.65. The third kappa shape index (κ3) is 2.44. The van der Waals surface area contributed by atoms with Crippen molar-refractivity contribution in [2.75, 3.05) is 0 Å². The second-order valence-corrected chi connectivity index (χ2v) is 4.62. The molecule has 2 aromatic rings. The molecule has 0 aromatic heterocycles. The Labute approximate surface area is 107 Å². The van der Waals surface area contributed by atoms with E-state index < -0.39 is 0 Å². The molecule has 2 aromatic carbocycles. The van der Waals surface area contributed by atoms with E-state index in [0.29, 0.717) is 15.6 Å². The van der Waals surface area contributed by atoms with Crippen molar-refractivity contribution in [1.82, 2.24) is 0 Å². The number of hydrogen-bond acceptors (Lipinski definition) is 1. The highest BCUT2D eigenvalue weighted by molar-refractivity contribution is 9.10. The summed E-state index contributed by atoms with van der Waals surface area (Å²) in [7, 11) is 0. The lowest BCUT2D eigenvalue weighted by Crippen LogP contribution is -2.04. The van der Waals surface area contributed by atoms with E-state index in [9.17, 15) is 9.18 Å². The summed E-state index contributed by atoms with van der Waals surface area (Å²) in [5.41, 5.74) is 2.02. The first-order valence-corrected chi connectivity index (χ1v) is 5.94. The predicted octanol–water partition coefficient (Wildman–Crippen LogP) is 4.13. The molecule has 1 nitrogen and oxygen atoms in total. The Morgan fingerprint density at radius 3 is 2.47 bits per heavy atom. The highest BCUT2D eigenvalue weighted by atomic mass is 79.9. The number of ketones is 1. The van der Waals surface area contributed by atoms with Crippen molar-refractivity contribution >= 4 is 21.7 Å². The van der Waals surface area contributed by atoms with Crippen LogP contribution in [-0.2, 0) is 0 Å². The monoisotopic (exact) mass is 292 g/mol. The van der Waals surface area contributed by atoms with E-state index in [-0.39, 0.29) is 11.6 Å². The van der Waals surface area contributed by atoms with Crippen LogP contribution in [0.2, 0.25) is 0 Å². The molecule has 0 heterocycles. The van der Waals surface area contributed by atoms with Crippen molar-refractivity contribution < 1.29 is 9.18 Å². The molecule has 0 amide bonds. The molecule has 2 rings (SSSR count). The number of halogens is 2. The molecule has 0 bridgehead atoms. The van der Waals surface area contributed by atoms with Crippen LogP contribution in [0.15, 0.2) is 46.9 Å². The normalized spacial score (nSPS) is 10.3. The lowest BCUT2D eigenvalue weighted by molar-refractivity contribution is 0.103. The van der Waals surface area contributed by atoms with Crippen molar-refractivity contribution in [3.05, 3.63) is 69.4 Å². The van der Waals surface area contributed by atoms with Crippen LogP contribution in [0.5, 0.6) is 0 Å². The molecule has 0 radical (unpaired) electrons. The molecule has 0 saturated heterocycles. The zero-order valence-electron chi connectivity index (χ0n) is 9.21. The molecular formula is C14H10BrFO. The maximum absolute atomic E-state index is 13.0.